The van der Waals surface area contributed by atoms with Crippen LogP contribution in [0, 0.1) is 0 Å². The third kappa shape index (κ3) is 5.28. The molecule has 0 aromatic heterocycles. The standard InChI is InChI=1S/C12H21NO3/c1-10(7-12(14)15)8-13(2)9-11-5-3-4-6-16-11/h7,11H,3-6,8-9H2,1-2H3,(H,14,15). The minimum Gasteiger partial charge on any atom is -0.478 e. The van der Waals surface area contributed by atoms with Gasteiger partial charge in [-0.2, -0.15) is 0 Å². The molecule has 1 fully saturated rings. The quantitative estimate of drug-likeness (QED) is 0.723. The molecule has 92 valence electrons. The molecule has 0 saturated carbocycles. The summed E-state index contributed by atoms with van der Waals surface area (Å²) in [6.07, 6.45) is 5.10. The molecule has 0 spiro atoms. The second-order valence-electron chi connectivity index (χ2n) is 4.51. The second kappa shape index (κ2) is 6.66. The van der Waals surface area contributed by atoms with E-state index in [-0.39, 0.29) is 0 Å². The average molecular weight is 227 g/mol. The highest BCUT2D eigenvalue weighted by Crippen LogP contribution is 2.13. The molecule has 0 bridgehead atoms. The number of aliphatic carboxylic acids is 1. The van der Waals surface area contributed by atoms with Crippen LogP contribution in [0.3, 0.4) is 0 Å². The van der Waals surface area contributed by atoms with Gasteiger partial charge in [-0.1, -0.05) is 5.57 Å². The van der Waals surface area contributed by atoms with Crippen LogP contribution in [0.4, 0.5) is 0 Å². The summed E-state index contributed by atoms with van der Waals surface area (Å²) in [6.45, 7) is 4.27. The number of hydrogen-bond donors (Lipinski definition) is 1. The first-order valence-corrected chi connectivity index (χ1v) is 5.78. The lowest BCUT2D eigenvalue weighted by Gasteiger charge is -2.27. The van der Waals surface area contributed by atoms with Gasteiger partial charge in [0.15, 0.2) is 0 Å². The maximum atomic E-state index is 10.5. The van der Waals surface area contributed by atoms with Crippen molar-refractivity contribution in [3.63, 3.8) is 0 Å². The van der Waals surface area contributed by atoms with Crippen molar-refractivity contribution in [1.82, 2.24) is 4.90 Å². The van der Waals surface area contributed by atoms with Crippen molar-refractivity contribution < 1.29 is 14.6 Å². The van der Waals surface area contributed by atoms with Crippen molar-refractivity contribution in [2.24, 2.45) is 0 Å². The van der Waals surface area contributed by atoms with Crippen molar-refractivity contribution in [2.75, 3.05) is 26.7 Å². The summed E-state index contributed by atoms with van der Waals surface area (Å²) in [5.41, 5.74) is 0.866. The summed E-state index contributed by atoms with van der Waals surface area (Å²) in [6, 6.07) is 0. The van der Waals surface area contributed by atoms with E-state index in [1.807, 2.05) is 14.0 Å². The van der Waals surface area contributed by atoms with E-state index in [9.17, 15) is 4.79 Å². The molecule has 4 nitrogen and oxygen atoms in total. The van der Waals surface area contributed by atoms with Gasteiger partial charge < -0.3 is 9.84 Å². The molecule has 0 aromatic carbocycles. The number of hydrogen-bond acceptors (Lipinski definition) is 3. The van der Waals surface area contributed by atoms with Gasteiger partial charge in [-0.25, -0.2) is 4.79 Å². The van der Waals surface area contributed by atoms with Crippen LogP contribution in [0.25, 0.3) is 0 Å². The first-order chi connectivity index (χ1) is 7.58. The van der Waals surface area contributed by atoms with E-state index in [4.69, 9.17) is 9.84 Å². The molecule has 0 aliphatic carbocycles. The number of ether oxygens (including phenoxy) is 1. The maximum absolute atomic E-state index is 10.5. The fraction of sp³-hybridized carbons (Fsp3) is 0.750. The Labute approximate surface area is 96.9 Å². The summed E-state index contributed by atoms with van der Waals surface area (Å²) in [7, 11) is 2.00. The number of nitrogens with zero attached hydrogens (tertiary/aromatic N) is 1. The number of rotatable bonds is 5. The van der Waals surface area contributed by atoms with Crippen LogP contribution >= 0.6 is 0 Å². The van der Waals surface area contributed by atoms with Crippen molar-refractivity contribution in [3.05, 3.63) is 11.6 Å². The number of carbonyl (C=O) groups is 1. The van der Waals surface area contributed by atoms with Gasteiger partial charge in [-0.3, -0.25) is 4.90 Å². The van der Waals surface area contributed by atoms with Crippen LogP contribution in [0.15, 0.2) is 11.6 Å². The topological polar surface area (TPSA) is 49.8 Å². The lowest BCUT2D eigenvalue weighted by atomic mass is 10.1. The fourth-order valence-electron chi connectivity index (χ4n) is 2.05. The van der Waals surface area contributed by atoms with Gasteiger partial charge in [0.1, 0.15) is 0 Å². The summed E-state index contributed by atoms with van der Waals surface area (Å²) in [4.78, 5) is 12.6. The van der Waals surface area contributed by atoms with E-state index in [1.165, 1.54) is 12.5 Å². The highest BCUT2D eigenvalue weighted by Gasteiger charge is 2.15. The molecule has 4 heteroatoms. The van der Waals surface area contributed by atoms with Crippen LogP contribution in [0.2, 0.25) is 0 Å². The van der Waals surface area contributed by atoms with Crippen LogP contribution in [-0.2, 0) is 9.53 Å². The third-order valence-electron chi connectivity index (χ3n) is 2.68. The Balaban J connectivity index is 2.28. The first kappa shape index (κ1) is 13.2. The summed E-state index contributed by atoms with van der Waals surface area (Å²) in [5, 5.41) is 8.60. The van der Waals surface area contributed by atoms with Crippen LogP contribution in [0.5, 0.6) is 0 Å². The van der Waals surface area contributed by atoms with E-state index >= 15 is 0 Å². The molecule has 1 aliphatic heterocycles. The molecule has 0 aromatic rings. The zero-order valence-electron chi connectivity index (χ0n) is 10.1. The minimum atomic E-state index is -0.875. The second-order valence-corrected chi connectivity index (χ2v) is 4.51. The molecule has 1 unspecified atom stereocenters. The van der Waals surface area contributed by atoms with Gasteiger partial charge in [0.05, 0.1) is 6.10 Å². The molecule has 1 N–H and O–H groups in total. The predicted molar refractivity (Wildman–Crippen MR) is 62.5 cm³/mol. The van der Waals surface area contributed by atoms with E-state index in [2.05, 4.69) is 4.90 Å². The molecular weight excluding hydrogens is 206 g/mol. The number of carboxylic acids is 1. The highest BCUT2D eigenvalue weighted by atomic mass is 16.5. The van der Waals surface area contributed by atoms with Crippen LogP contribution in [0.1, 0.15) is 26.2 Å². The molecule has 1 heterocycles. The van der Waals surface area contributed by atoms with Crippen molar-refractivity contribution in [2.45, 2.75) is 32.3 Å². The molecular formula is C12H21NO3. The summed E-state index contributed by atoms with van der Waals surface area (Å²) >= 11 is 0. The smallest absolute Gasteiger partial charge is 0.328 e. The third-order valence-corrected chi connectivity index (χ3v) is 2.68. The van der Waals surface area contributed by atoms with Crippen molar-refractivity contribution >= 4 is 5.97 Å². The Morgan fingerprint density at radius 1 is 1.56 bits per heavy atom. The normalized spacial score (nSPS) is 22.4. The lowest BCUT2D eigenvalue weighted by Crippen LogP contribution is -2.34. The first-order valence-electron chi connectivity index (χ1n) is 5.78. The molecule has 0 radical (unpaired) electrons. The highest BCUT2D eigenvalue weighted by molar-refractivity contribution is 5.80. The monoisotopic (exact) mass is 227 g/mol. The Morgan fingerprint density at radius 2 is 2.31 bits per heavy atom. The Kier molecular flexibility index (Phi) is 5.49. The minimum absolute atomic E-state index is 0.316. The Morgan fingerprint density at radius 3 is 2.88 bits per heavy atom. The van der Waals surface area contributed by atoms with Crippen LogP contribution in [-0.4, -0.2) is 48.8 Å². The van der Waals surface area contributed by atoms with Crippen LogP contribution < -0.4 is 0 Å². The maximum Gasteiger partial charge on any atom is 0.328 e. The van der Waals surface area contributed by atoms with E-state index in [0.717, 1.165) is 31.6 Å². The zero-order valence-corrected chi connectivity index (χ0v) is 10.1. The van der Waals surface area contributed by atoms with Crippen molar-refractivity contribution in [3.8, 4) is 0 Å². The fourth-order valence-corrected chi connectivity index (χ4v) is 2.05. The van der Waals surface area contributed by atoms with Gasteiger partial charge in [0, 0.05) is 25.8 Å². The van der Waals surface area contributed by atoms with E-state index in [0.29, 0.717) is 12.6 Å². The largest absolute Gasteiger partial charge is 0.478 e. The van der Waals surface area contributed by atoms with E-state index < -0.39 is 5.97 Å². The summed E-state index contributed by atoms with van der Waals surface area (Å²) < 4.78 is 5.63. The zero-order chi connectivity index (χ0) is 12.0. The predicted octanol–water partition coefficient (Wildman–Crippen LogP) is 1.52. The van der Waals surface area contributed by atoms with Gasteiger partial charge in [0.25, 0.3) is 0 Å². The SMILES string of the molecule is CC(=CC(=O)O)CN(C)CC1CCCCO1. The van der Waals surface area contributed by atoms with Gasteiger partial charge in [-0.15, -0.1) is 0 Å². The Bertz CT molecular complexity index is 257. The van der Waals surface area contributed by atoms with Gasteiger partial charge >= 0.3 is 5.97 Å². The Hall–Kier alpha value is -0.870. The lowest BCUT2D eigenvalue weighted by molar-refractivity contribution is -0.131. The molecule has 1 saturated heterocycles. The molecule has 16 heavy (non-hydrogen) atoms. The van der Waals surface area contributed by atoms with Crippen molar-refractivity contribution in [1.29, 1.82) is 0 Å². The van der Waals surface area contributed by atoms with E-state index in [1.54, 1.807) is 0 Å². The number of likely N-dealkylation sites (N-methyl/N-ethyl adjacent to an activating group) is 1. The molecule has 1 aliphatic rings. The number of carboxylic acid groups (broad SMARTS) is 1. The molecule has 0 amide bonds. The summed E-state index contributed by atoms with van der Waals surface area (Å²) in [5.74, 6) is -0.875. The molecule has 1 atom stereocenters. The van der Waals surface area contributed by atoms with Gasteiger partial charge in [0.2, 0.25) is 0 Å². The average Bonchev–Trinajstić information content (AvgIpc) is 2.17. The van der Waals surface area contributed by atoms with Gasteiger partial charge in [-0.05, 0) is 33.2 Å². The molecule has 1 rings (SSSR count).